The van der Waals surface area contributed by atoms with Crippen LogP contribution >= 0.6 is 0 Å². The van der Waals surface area contributed by atoms with Crippen molar-refractivity contribution in [2.45, 2.75) is 58.8 Å². The molecule has 0 radical (unpaired) electrons. The van der Waals surface area contributed by atoms with E-state index in [9.17, 15) is 0 Å². The molecule has 1 aromatic rings. The molecule has 1 aromatic heterocycles. The Bertz CT molecular complexity index is 418. The van der Waals surface area contributed by atoms with Crippen molar-refractivity contribution in [3.05, 3.63) is 17.5 Å². The Labute approximate surface area is 128 Å². The van der Waals surface area contributed by atoms with Gasteiger partial charge in [0.1, 0.15) is 0 Å². The van der Waals surface area contributed by atoms with Crippen molar-refractivity contribution in [2.24, 2.45) is 0 Å². The highest BCUT2D eigenvalue weighted by Crippen LogP contribution is 2.16. The Balaban J connectivity index is 1.93. The van der Waals surface area contributed by atoms with E-state index in [0.29, 0.717) is 12.1 Å². The van der Waals surface area contributed by atoms with Gasteiger partial charge in [0, 0.05) is 37.8 Å². The molecule has 0 aliphatic carbocycles. The van der Waals surface area contributed by atoms with E-state index in [1.807, 2.05) is 0 Å². The predicted octanol–water partition coefficient (Wildman–Crippen LogP) is 2.09. The van der Waals surface area contributed by atoms with E-state index >= 15 is 0 Å². The average Bonchev–Trinajstić information content (AvgIpc) is 2.81. The van der Waals surface area contributed by atoms with Crippen LogP contribution in [0.5, 0.6) is 0 Å². The summed E-state index contributed by atoms with van der Waals surface area (Å²) in [5.41, 5.74) is 0.999. The molecule has 1 N–H and O–H groups in total. The van der Waals surface area contributed by atoms with Gasteiger partial charge in [-0.05, 0) is 26.4 Å². The first-order valence-electron chi connectivity index (χ1n) is 8.19. The van der Waals surface area contributed by atoms with Crippen LogP contribution < -0.4 is 5.32 Å². The van der Waals surface area contributed by atoms with Crippen molar-refractivity contribution in [2.75, 3.05) is 26.7 Å². The number of nitrogens with one attached hydrogen (secondary N) is 1. The molecule has 1 unspecified atom stereocenters. The Morgan fingerprint density at radius 3 is 2.95 bits per heavy atom. The van der Waals surface area contributed by atoms with Crippen molar-refractivity contribution in [1.82, 2.24) is 20.3 Å². The first-order valence-corrected chi connectivity index (χ1v) is 8.19. The second kappa shape index (κ2) is 7.92. The lowest BCUT2D eigenvalue weighted by molar-refractivity contribution is 0.159. The van der Waals surface area contributed by atoms with E-state index in [1.54, 1.807) is 0 Å². The van der Waals surface area contributed by atoms with E-state index in [1.165, 1.54) is 19.4 Å². The fourth-order valence-electron chi connectivity index (χ4n) is 2.91. The number of nitrogens with zero attached hydrogens (tertiary/aromatic N) is 3. The topological polar surface area (TPSA) is 44.5 Å². The fourth-order valence-corrected chi connectivity index (χ4v) is 2.91. The van der Waals surface area contributed by atoms with Gasteiger partial charge in [-0.15, -0.1) is 0 Å². The van der Waals surface area contributed by atoms with Gasteiger partial charge in [0.25, 0.3) is 0 Å². The number of rotatable bonds is 6. The molecule has 21 heavy (non-hydrogen) atoms. The lowest BCUT2D eigenvalue weighted by Gasteiger charge is -2.29. The van der Waals surface area contributed by atoms with E-state index in [4.69, 9.17) is 4.52 Å². The standard InChI is InChI=1S/C16H30N4O/c1-5-15-11-19(4)7-6-8-20(15)12-16-9-14(18-21-16)10-17-13(2)3/h9,13,15,17H,5-8,10-12H2,1-4H3. The molecule has 2 heterocycles. The van der Waals surface area contributed by atoms with Gasteiger partial charge < -0.3 is 14.7 Å². The quantitative estimate of drug-likeness (QED) is 0.870. The summed E-state index contributed by atoms with van der Waals surface area (Å²) in [5, 5.41) is 7.54. The molecule has 0 amide bonds. The second-order valence-corrected chi connectivity index (χ2v) is 6.47. The van der Waals surface area contributed by atoms with Gasteiger partial charge in [0.2, 0.25) is 0 Å². The summed E-state index contributed by atoms with van der Waals surface area (Å²) < 4.78 is 5.51. The van der Waals surface area contributed by atoms with Crippen LogP contribution in [0, 0.1) is 0 Å². The van der Waals surface area contributed by atoms with Crippen LogP contribution in [-0.4, -0.2) is 53.7 Å². The van der Waals surface area contributed by atoms with Crippen LogP contribution in [-0.2, 0) is 13.1 Å². The van der Waals surface area contributed by atoms with Crippen molar-refractivity contribution >= 4 is 0 Å². The number of aromatic nitrogens is 1. The zero-order chi connectivity index (χ0) is 15.2. The van der Waals surface area contributed by atoms with Gasteiger partial charge >= 0.3 is 0 Å². The Kier molecular flexibility index (Phi) is 6.21. The molecule has 5 nitrogen and oxygen atoms in total. The minimum Gasteiger partial charge on any atom is -0.360 e. The summed E-state index contributed by atoms with van der Waals surface area (Å²) in [5.74, 6) is 0.985. The Hall–Kier alpha value is -0.910. The number of hydrogen-bond acceptors (Lipinski definition) is 5. The maximum atomic E-state index is 5.51. The van der Waals surface area contributed by atoms with E-state index in [0.717, 1.165) is 37.6 Å². The van der Waals surface area contributed by atoms with E-state index in [2.05, 4.69) is 54.2 Å². The molecule has 1 aliphatic heterocycles. The highest BCUT2D eigenvalue weighted by molar-refractivity contribution is 5.05. The van der Waals surface area contributed by atoms with Crippen molar-refractivity contribution in [3.63, 3.8) is 0 Å². The molecule has 0 saturated carbocycles. The predicted molar refractivity (Wildman–Crippen MR) is 85.1 cm³/mol. The third-order valence-electron chi connectivity index (χ3n) is 4.15. The molecule has 120 valence electrons. The maximum Gasteiger partial charge on any atom is 0.151 e. The summed E-state index contributed by atoms with van der Waals surface area (Å²) in [4.78, 5) is 4.98. The lowest BCUT2D eigenvalue weighted by atomic mass is 10.1. The highest BCUT2D eigenvalue weighted by atomic mass is 16.5. The van der Waals surface area contributed by atoms with Crippen LogP contribution in [0.2, 0.25) is 0 Å². The van der Waals surface area contributed by atoms with E-state index in [-0.39, 0.29) is 0 Å². The number of likely N-dealkylation sites (N-methyl/N-ethyl adjacent to an activating group) is 1. The lowest BCUT2D eigenvalue weighted by Crippen LogP contribution is -2.39. The zero-order valence-corrected chi connectivity index (χ0v) is 13.9. The minimum atomic E-state index is 0.468. The zero-order valence-electron chi connectivity index (χ0n) is 13.9. The number of hydrogen-bond donors (Lipinski definition) is 1. The Morgan fingerprint density at radius 2 is 2.24 bits per heavy atom. The SMILES string of the molecule is CCC1CN(C)CCCN1Cc1cc(CNC(C)C)no1. The molecule has 0 aromatic carbocycles. The molecule has 0 bridgehead atoms. The molecule has 2 rings (SSSR count). The fraction of sp³-hybridized carbons (Fsp3) is 0.812. The molecular weight excluding hydrogens is 264 g/mol. The first-order chi connectivity index (χ1) is 10.1. The molecule has 5 heteroatoms. The minimum absolute atomic E-state index is 0.468. The smallest absolute Gasteiger partial charge is 0.151 e. The van der Waals surface area contributed by atoms with E-state index < -0.39 is 0 Å². The Morgan fingerprint density at radius 1 is 1.43 bits per heavy atom. The third-order valence-corrected chi connectivity index (χ3v) is 4.15. The normalized spacial score (nSPS) is 21.9. The van der Waals surface area contributed by atoms with Crippen molar-refractivity contribution < 1.29 is 4.52 Å². The third kappa shape index (κ3) is 5.09. The highest BCUT2D eigenvalue weighted by Gasteiger charge is 2.23. The summed E-state index contributed by atoms with van der Waals surface area (Å²) in [6, 6.07) is 3.17. The summed E-state index contributed by atoms with van der Waals surface area (Å²) >= 11 is 0. The summed E-state index contributed by atoms with van der Waals surface area (Å²) in [6.45, 7) is 11.7. The molecular formula is C16H30N4O. The van der Waals surface area contributed by atoms with Crippen LogP contribution in [0.3, 0.4) is 0 Å². The largest absolute Gasteiger partial charge is 0.360 e. The van der Waals surface area contributed by atoms with Gasteiger partial charge in [-0.25, -0.2) is 0 Å². The first kappa shape index (κ1) is 16.5. The second-order valence-electron chi connectivity index (χ2n) is 6.47. The van der Waals surface area contributed by atoms with Gasteiger partial charge in [-0.2, -0.15) is 0 Å². The molecule has 1 saturated heterocycles. The maximum absolute atomic E-state index is 5.51. The van der Waals surface area contributed by atoms with Gasteiger partial charge in [0.15, 0.2) is 5.76 Å². The van der Waals surface area contributed by atoms with Crippen LogP contribution in [0.4, 0.5) is 0 Å². The van der Waals surface area contributed by atoms with Crippen LogP contribution in [0.1, 0.15) is 45.1 Å². The molecule has 1 fully saturated rings. The van der Waals surface area contributed by atoms with Crippen LogP contribution in [0.25, 0.3) is 0 Å². The average molecular weight is 294 g/mol. The monoisotopic (exact) mass is 294 g/mol. The van der Waals surface area contributed by atoms with Gasteiger partial charge in [-0.3, -0.25) is 4.90 Å². The summed E-state index contributed by atoms with van der Waals surface area (Å²) in [6.07, 6.45) is 2.41. The van der Waals surface area contributed by atoms with Gasteiger partial charge in [-0.1, -0.05) is 25.9 Å². The molecule has 0 spiro atoms. The van der Waals surface area contributed by atoms with Crippen molar-refractivity contribution in [3.8, 4) is 0 Å². The van der Waals surface area contributed by atoms with Gasteiger partial charge in [0.05, 0.1) is 12.2 Å². The van der Waals surface area contributed by atoms with Crippen molar-refractivity contribution in [1.29, 1.82) is 0 Å². The summed E-state index contributed by atoms with van der Waals surface area (Å²) in [7, 11) is 2.22. The molecule has 1 atom stereocenters. The van der Waals surface area contributed by atoms with Crippen LogP contribution in [0.15, 0.2) is 10.6 Å². The molecule has 1 aliphatic rings.